The van der Waals surface area contributed by atoms with E-state index in [2.05, 4.69) is 152 Å². The van der Waals surface area contributed by atoms with Crippen molar-refractivity contribution in [3.05, 3.63) is 155 Å². The summed E-state index contributed by atoms with van der Waals surface area (Å²) in [6.07, 6.45) is 4.24. The second-order valence-corrected chi connectivity index (χ2v) is 10.4. The Morgan fingerprint density at radius 2 is 1.30 bits per heavy atom. The highest BCUT2D eigenvalue weighted by Gasteiger charge is 2.38. The van der Waals surface area contributed by atoms with Gasteiger partial charge in [0.2, 0.25) is 0 Å². The Morgan fingerprint density at radius 1 is 0.703 bits per heavy atom. The third kappa shape index (κ3) is 4.61. The van der Waals surface area contributed by atoms with Crippen molar-refractivity contribution in [3.63, 3.8) is 0 Å². The van der Waals surface area contributed by atoms with E-state index in [0.29, 0.717) is 0 Å². The summed E-state index contributed by atoms with van der Waals surface area (Å²) in [7, 11) is 0. The molecule has 1 aromatic heterocycles. The lowest BCUT2D eigenvalue weighted by Gasteiger charge is -2.37. The van der Waals surface area contributed by atoms with Gasteiger partial charge in [0.25, 0.3) is 0 Å². The molecule has 1 saturated heterocycles. The summed E-state index contributed by atoms with van der Waals surface area (Å²) < 4.78 is 3.41. The SMILES string of the molecule is Brc1cccc(N2CCN(Cc3cn(C(c4ccccc4)(c4ccccc4)c4ccccc4)cn3)C2)c1. The van der Waals surface area contributed by atoms with Crippen LogP contribution in [0.25, 0.3) is 0 Å². The van der Waals surface area contributed by atoms with Gasteiger partial charge >= 0.3 is 0 Å². The molecule has 0 amide bonds. The molecular formula is C32H29BrN4. The maximum absolute atomic E-state index is 4.93. The highest BCUT2D eigenvalue weighted by Crippen LogP contribution is 2.40. The van der Waals surface area contributed by atoms with Gasteiger partial charge in [-0.3, -0.25) is 4.90 Å². The normalized spacial score (nSPS) is 14.2. The maximum atomic E-state index is 4.93. The zero-order valence-corrected chi connectivity index (χ0v) is 22.2. The smallest absolute Gasteiger partial charge is 0.121 e. The summed E-state index contributed by atoms with van der Waals surface area (Å²) in [5, 5.41) is 0. The molecule has 1 aliphatic rings. The topological polar surface area (TPSA) is 24.3 Å². The van der Waals surface area contributed by atoms with Crippen LogP contribution in [0, 0.1) is 0 Å². The fourth-order valence-electron chi connectivity index (χ4n) is 5.50. The molecule has 0 radical (unpaired) electrons. The standard InChI is InChI=1S/C32H29BrN4/c33-29-17-10-18-31(21-29)36-20-19-35(25-36)22-30-23-37(24-34-30)32(26-11-4-1-5-12-26,27-13-6-2-7-14-27)28-15-8-3-9-16-28/h1-18,21,23-24H,19-20,22,25H2. The molecule has 0 unspecified atom stereocenters. The molecule has 1 aliphatic heterocycles. The molecule has 0 saturated carbocycles. The Kier molecular flexibility index (Phi) is 6.64. The number of halogens is 1. The third-order valence-electron chi connectivity index (χ3n) is 7.21. The van der Waals surface area contributed by atoms with Gasteiger partial charge in [-0.05, 0) is 34.9 Å². The summed E-state index contributed by atoms with van der Waals surface area (Å²) in [6.45, 7) is 3.73. The molecule has 0 N–H and O–H groups in total. The number of imidazole rings is 1. The van der Waals surface area contributed by atoms with Crippen LogP contribution in [-0.4, -0.2) is 34.2 Å². The molecule has 37 heavy (non-hydrogen) atoms. The Bertz CT molecular complexity index is 1350. The molecule has 0 bridgehead atoms. The van der Waals surface area contributed by atoms with Crippen molar-refractivity contribution in [3.8, 4) is 0 Å². The van der Waals surface area contributed by atoms with Crippen molar-refractivity contribution in [2.75, 3.05) is 24.7 Å². The number of nitrogens with zero attached hydrogens (tertiary/aromatic N) is 4. The van der Waals surface area contributed by atoms with E-state index < -0.39 is 5.54 Å². The number of anilines is 1. The van der Waals surface area contributed by atoms with Crippen LogP contribution in [0.1, 0.15) is 22.4 Å². The van der Waals surface area contributed by atoms with Crippen molar-refractivity contribution >= 4 is 21.6 Å². The predicted molar refractivity (Wildman–Crippen MR) is 154 cm³/mol. The number of benzene rings is 4. The highest BCUT2D eigenvalue weighted by atomic mass is 79.9. The van der Waals surface area contributed by atoms with Gasteiger partial charge in [0.05, 0.1) is 18.7 Å². The second kappa shape index (κ2) is 10.4. The molecule has 5 heteroatoms. The maximum Gasteiger partial charge on any atom is 0.121 e. The van der Waals surface area contributed by atoms with E-state index in [9.17, 15) is 0 Å². The van der Waals surface area contributed by atoms with E-state index >= 15 is 0 Å². The Morgan fingerprint density at radius 3 is 1.86 bits per heavy atom. The fraction of sp³-hybridized carbons (Fsp3) is 0.156. The van der Waals surface area contributed by atoms with Crippen LogP contribution in [-0.2, 0) is 12.1 Å². The number of aromatic nitrogens is 2. The summed E-state index contributed by atoms with van der Waals surface area (Å²) >= 11 is 3.60. The first-order valence-corrected chi connectivity index (χ1v) is 13.5. The Labute approximate surface area is 227 Å². The van der Waals surface area contributed by atoms with Crippen LogP contribution in [0.15, 0.2) is 132 Å². The number of hydrogen-bond acceptors (Lipinski definition) is 3. The quantitative estimate of drug-likeness (QED) is 0.210. The van der Waals surface area contributed by atoms with Crippen LogP contribution >= 0.6 is 15.9 Å². The molecule has 0 spiro atoms. The molecule has 4 nitrogen and oxygen atoms in total. The minimum absolute atomic E-state index is 0.525. The molecule has 0 aliphatic carbocycles. The van der Waals surface area contributed by atoms with Gasteiger partial charge in [0.15, 0.2) is 0 Å². The van der Waals surface area contributed by atoms with Crippen molar-refractivity contribution in [1.29, 1.82) is 0 Å². The summed E-state index contributed by atoms with van der Waals surface area (Å²) in [5.41, 5.74) is 5.42. The summed E-state index contributed by atoms with van der Waals surface area (Å²) in [5.74, 6) is 0. The minimum Gasteiger partial charge on any atom is -0.357 e. The lowest BCUT2D eigenvalue weighted by atomic mass is 9.77. The minimum atomic E-state index is -0.525. The van der Waals surface area contributed by atoms with Crippen LogP contribution < -0.4 is 4.90 Å². The van der Waals surface area contributed by atoms with E-state index in [1.54, 1.807) is 0 Å². The number of hydrogen-bond donors (Lipinski definition) is 0. The monoisotopic (exact) mass is 548 g/mol. The molecule has 6 rings (SSSR count). The lowest BCUT2D eigenvalue weighted by molar-refractivity contribution is 0.330. The summed E-state index contributed by atoms with van der Waals surface area (Å²) in [6, 6.07) is 40.8. The van der Waals surface area contributed by atoms with Crippen molar-refractivity contribution in [1.82, 2.24) is 14.5 Å². The van der Waals surface area contributed by atoms with Crippen LogP contribution in [0.5, 0.6) is 0 Å². The zero-order chi connectivity index (χ0) is 25.1. The fourth-order valence-corrected chi connectivity index (χ4v) is 5.89. The Hall–Kier alpha value is -3.67. The van der Waals surface area contributed by atoms with Crippen molar-refractivity contribution < 1.29 is 0 Å². The van der Waals surface area contributed by atoms with Gasteiger partial charge in [-0.1, -0.05) is 113 Å². The first-order chi connectivity index (χ1) is 18.2. The van der Waals surface area contributed by atoms with Crippen molar-refractivity contribution in [2.45, 2.75) is 12.1 Å². The van der Waals surface area contributed by atoms with Crippen LogP contribution in [0.2, 0.25) is 0 Å². The van der Waals surface area contributed by atoms with Gasteiger partial charge in [0.1, 0.15) is 5.54 Å². The van der Waals surface area contributed by atoms with E-state index in [4.69, 9.17) is 4.98 Å². The molecule has 4 aromatic carbocycles. The number of rotatable bonds is 7. The van der Waals surface area contributed by atoms with E-state index in [1.165, 1.54) is 22.4 Å². The first kappa shape index (κ1) is 23.7. The molecular weight excluding hydrogens is 520 g/mol. The van der Waals surface area contributed by atoms with Gasteiger partial charge in [-0.15, -0.1) is 0 Å². The average Bonchev–Trinajstić information content (AvgIpc) is 3.62. The van der Waals surface area contributed by atoms with E-state index in [-0.39, 0.29) is 0 Å². The van der Waals surface area contributed by atoms with Gasteiger partial charge in [0, 0.05) is 36.0 Å². The van der Waals surface area contributed by atoms with E-state index in [0.717, 1.165) is 36.5 Å². The van der Waals surface area contributed by atoms with Gasteiger partial charge in [-0.25, -0.2) is 4.98 Å². The van der Waals surface area contributed by atoms with E-state index in [1.807, 2.05) is 6.33 Å². The van der Waals surface area contributed by atoms with Crippen molar-refractivity contribution in [2.24, 2.45) is 0 Å². The van der Waals surface area contributed by atoms with Gasteiger partial charge < -0.3 is 9.47 Å². The van der Waals surface area contributed by atoms with Gasteiger partial charge in [-0.2, -0.15) is 0 Å². The third-order valence-corrected chi connectivity index (χ3v) is 7.71. The molecule has 2 heterocycles. The lowest BCUT2D eigenvalue weighted by Crippen LogP contribution is -2.37. The highest BCUT2D eigenvalue weighted by molar-refractivity contribution is 9.10. The Balaban J connectivity index is 1.36. The second-order valence-electron chi connectivity index (χ2n) is 9.52. The molecule has 0 atom stereocenters. The first-order valence-electron chi connectivity index (χ1n) is 12.7. The zero-order valence-electron chi connectivity index (χ0n) is 20.6. The molecule has 184 valence electrons. The van der Waals surface area contributed by atoms with Crippen LogP contribution in [0.3, 0.4) is 0 Å². The van der Waals surface area contributed by atoms with Crippen LogP contribution in [0.4, 0.5) is 5.69 Å². The summed E-state index contributed by atoms with van der Waals surface area (Å²) in [4.78, 5) is 9.81. The average molecular weight is 550 g/mol. The molecule has 5 aromatic rings. The largest absolute Gasteiger partial charge is 0.357 e. The molecule has 1 fully saturated rings. The predicted octanol–water partition coefficient (Wildman–Crippen LogP) is 6.77.